The lowest BCUT2D eigenvalue weighted by molar-refractivity contribution is 0.669. The smallest absolute Gasteiger partial charge is 0.135 e. The van der Waals surface area contributed by atoms with Gasteiger partial charge in [-0.05, 0) is 80.6 Å². The summed E-state index contributed by atoms with van der Waals surface area (Å²) >= 11 is 0. The van der Waals surface area contributed by atoms with Gasteiger partial charge in [0, 0.05) is 27.1 Å². The van der Waals surface area contributed by atoms with E-state index in [2.05, 4.69) is 152 Å². The SMILES string of the molecule is c1ccc(-c2ccc3c4ccc(-c5ccccc5)cc4c4nc(-c5cccc(-c6ccc7oc8ccccc8c7c6)c5)cnc4c3c2)cc1. The molecule has 0 fully saturated rings. The first-order valence-electron chi connectivity index (χ1n) is 16.6. The second kappa shape index (κ2) is 11.0. The number of benzene rings is 8. The van der Waals surface area contributed by atoms with Crippen molar-refractivity contribution in [3.05, 3.63) is 170 Å². The molecule has 49 heavy (non-hydrogen) atoms. The van der Waals surface area contributed by atoms with Crippen molar-refractivity contribution in [1.29, 1.82) is 0 Å². The summed E-state index contributed by atoms with van der Waals surface area (Å²) in [6.07, 6.45) is 1.93. The number of hydrogen-bond donors (Lipinski definition) is 0. The Balaban J connectivity index is 1.17. The van der Waals surface area contributed by atoms with E-state index in [1.54, 1.807) is 0 Å². The van der Waals surface area contributed by atoms with E-state index in [0.717, 1.165) is 77.3 Å². The van der Waals surface area contributed by atoms with Gasteiger partial charge in [0.1, 0.15) is 11.2 Å². The van der Waals surface area contributed by atoms with Crippen molar-refractivity contribution in [2.75, 3.05) is 0 Å². The molecule has 0 aliphatic rings. The fourth-order valence-corrected chi connectivity index (χ4v) is 7.25. The first-order chi connectivity index (χ1) is 24.3. The van der Waals surface area contributed by atoms with E-state index in [1.165, 1.54) is 21.9 Å². The van der Waals surface area contributed by atoms with E-state index in [9.17, 15) is 0 Å². The summed E-state index contributed by atoms with van der Waals surface area (Å²) in [4.78, 5) is 10.6. The molecule has 0 atom stereocenters. The van der Waals surface area contributed by atoms with Crippen LogP contribution in [0.25, 0.3) is 99.2 Å². The van der Waals surface area contributed by atoms with Crippen molar-refractivity contribution in [3.8, 4) is 44.6 Å². The summed E-state index contributed by atoms with van der Waals surface area (Å²) in [5.74, 6) is 0. The summed E-state index contributed by atoms with van der Waals surface area (Å²) in [5, 5.41) is 6.78. The van der Waals surface area contributed by atoms with Crippen LogP contribution in [0.2, 0.25) is 0 Å². The van der Waals surface area contributed by atoms with Crippen LogP contribution >= 0.6 is 0 Å². The summed E-state index contributed by atoms with van der Waals surface area (Å²) in [5.41, 5.74) is 12.4. The molecule has 2 heterocycles. The van der Waals surface area contributed by atoms with Crippen molar-refractivity contribution in [2.24, 2.45) is 0 Å². The Morgan fingerprint density at radius 2 is 0.857 bits per heavy atom. The van der Waals surface area contributed by atoms with Gasteiger partial charge in [-0.15, -0.1) is 0 Å². The normalized spacial score (nSPS) is 11.7. The molecule has 2 aromatic heterocycles. The molecule has 0 aliphatic carbocycles. The molecule has 0 spiro atoms. The van der Waals surface area contributed by atoms with E-state index in [-0.39, 0.29) is 0 Å². The minimum atomic E-state index is 0.842. The van der Waals surface area contributed by atoms with Gasteiger partial charge in [-0.25, -0.2) is 4.98 Å². The van der Waals surface area contributed by atoms with Gasteiger partial charge in [0.2, 0.25) is 0 Å². The lowest BCUT2D eigenvalue weighted by Gasteiger charge is -2.14. The predicted molar refractivity (Wildman–Crippen MR) is 204 cm³/mol. The lowest BCUT2D eigenvalue weighted by atomic mass is 9.93. The van der Waals surface area contributed by atoms with Crippen LogP contribution in [0.1, 0.15) is 0 Å². The second-order valence-corrected chi connectivity index (χ2v) is 12.6. The van der Waals surface area contributed by atoms with E-state index in [4.69, 9.17) is 14.4 Å². The third-order valence-electron chi connectivity index (χ3n) is 9.69. The zero-order valence-electron chi connectivity index (χ0n) is 26.5. The van der Waals surface area contributed by atoms with Crippen LogP contribution in [0.4, 0.5) is 0 Å². The first-order valence-corrected chi connectivity index (χ1v) is 16.6. The number of fused-ring (bicyclic) bond motifs is 9. The van der Waals surface area contributed by atoms with Crippen molar-refractivity contribution >= 4 is 54.5 Å². The van der Waals surface area contributed by atoms with E-state index >= 15 is 0 Å². The molecule has 10 rings (SSSR count). The fourth-order valence-electron chi connectivity index (χ4n) is 7.25. The third kappa shape index (κ3) is 4.59. The molecule has 0 N–H and O–H groups in total. The molecule has 0 saturated carbocycles. The zero-order chi connectivity index (χ0) is 32.3. The molecule has 0 amide bonds. The Kier molecular flexibility index (Phi) is 6.18. The van der Waals surface area contributed by atoms with Crippen LogP contribution in [-0.4, -0.2) is 9.97 Å². The lowest BCUT2D eigenvalue weighted by Crippen LogP contribution is -1.93. The van der Waals surface area contributed by atoms with E-state index in [0.29, 0.717) is 0 Å². The van der Waals surface area contributed by atoms with Gasteiger partial charge in [-0.3, -0.25) is 4.98 Å². The minimum Gasteiger partial charge on any atom is -0.456 e. The third-order valence-corrected chi connectivity index (χ3v) is 9.69. The Labute approximate surface area is 282 Å². The average molecular weight is 625 g/mol. The number of rotatable bonds is 4. The summed E-state index contributed by atoms with van der Waals surface area (Å²) < 4.78 is 6.09. The molecular weight excluding hydrogens is 597 g/mol. The number of hydrogen-bond acceptors (Lipinski definition) is 3. The van der Waals surface area contributed by atoms with E-state index < -0.39 is 0 Å². The van der Waals surface area contributed by atoms with Crippen molar-refractivity contribution in [1.82, 2.24) is 9.97 Å². The maximum atomic E-state index is 6.09. The van der Waals surface area contributed by atoms with Gasteiger partial charge in [-0.1, -0.05) is 127 Å². The zero-order valence-corrected chi connectivity index (χ0v) is 26.5. The van der Waals surface area contributed by atoms with Gasteiger partial charge >= 0.3 is 0 Å². The number of nitrogens with zero attached hydrogens (tertiary/aromatic N) is 2. The molecule has 3 nitrogen and oxygen atoms in total. The Hall–Kier alpha value is -6.58. The molecule has 228 valence electrons. The highest BCUT2D eigenvalue weighted by molar-refractivity contribution is 6.24. The molecule has 10 aromatic rings. The molecule has 0 aliphatic heterocycles. The fraction of sp³-hybridized carbons (Fsp3) is 0. The van der Waals surface area contributed by atoms with Crippen LogP contribution < -0.4 is 0 Å². The molecule has 0 bridgehead atoms. The molecule has 8 aromatic carbocycles. The summed E-state index contributed by atoms with van der Waals surface area (Å²) in [6.45, 7) is 0. The Morgan fingerprint density at radius 1 is 0.327 bits per heavy atom. The topological polar surface area (TPSA) is 38.9 Å². The quantitative estimate of drug-likeness (QED) is 0.183. The van der Waals surface area contributed by atoms with Crippen LogP contribution in [0.3, 0.4) is 0 Å². The summed E-state index contributed by atoms with van der Waals surface area (Å²) in [6, 6.07) is 57.7. The maximum absolute atomic E-state index is 6.09. The van der Waals surface area contributed by atoms with Crippen LogP contribution in [0.5, 0.6) is 0 Å². The Morgan fingerprint density at radius 3 is 1.59 bits per heavy atom. The molecule has 3 heteroatoms. The van der Waals surface area contributed by atoms with Crippen LogP contribution in [-0.2, 0) is 0 Å². The highest BCUT2D eigenvalue weighted by Gasteiger charge is 2.16. The number of furan rings is 1. The van der Waals surface area contributed by atoms with Gasteiger partial charge in [0.05, 0.1) is 22.9 Å². The largest absolute Gasteiger partial charge is 0.456 e. The van der Waals surface area contributed by atoms with Gasteiger partial charge < -0.3 is 4.42 Å². The highest BCUT2D eigenvalue weighted by atomic mass is 16.3. The van der Waals surface area contributed by atoms with Crippen molar-refractivity contribution in [3.63, 3.8) is 0 Å². The number of aromatic nitrogens is 2. The number of para-hydroxylation sites is 1. The standard InChI is InChI=1S/C46H28N2O/c1-3-10-29(11-4-1)32-18-21-36-37-22-19-33(30-12-5-2-6-13-30)27-41(37)46-45(40(36)26-32)47-28-42(48-46)35-15-9-14-31(24-35)34-20-23-44-39(25-34)38-16-7-8-17-43(38)49-44/h1-28H. The molecule has 0 radical (unpaired) electrons. The van der Waals surface area contributed by atoms with Crippen LogP contribution in [0.15, 0.2) is 174 Å². The molecule has 0 saturated heterocycles. The second-order valence-electron chi connectivity index (χ2n) is 12.6. The average Bonchev–Trinajstić information content (AvgIpc) is 3.56. The van der Waals surface area contributed by atoms with Crippen LogP contribution in [0, 0.1) is 0 Å². The first kappa shape index (κ1) is 27.5. The monoisotopic (exact) mass is 624 g/mol. The molecular formula is C46H28N2O. The Bertz CT molecular complexity index is 2870. The highest BCUT2D eigenvalue weighted by Crippen LogP contribution is 2.39. The van der Waals surface area contributed by atoms with E-state index in [1.807, 2.05) is 18.3 Å². The minimum absolute atomic E-state index is 0.842. The maximum Gasteiger partial charge on any atom is 0.135 e. The van der Waals surface area contributed by atoms with Crippen molar-refractivity contribution < 1.29 is 4.42 Å². The van der Waals surface area contributed by atoms with Gasteiger partial charge in [0.15, 0.2) is 0 Å². The summed E-state index contributed by atoms with van der Waals surface area (Å²) in [7, 11) is 0. The predicted octanol–water partition coefficient (Wildman–Crippen LogP) is 12.5. The van der Waals surface area contributed by atoms with Crippen molar-refractivity contribution in [2.45, 2.75) is 0 Å². The van der Waals surface area contributed by atoms with Gasteiger partial charge in [0.25, 0.3) is 0 Å². The van der Waals surface area contributed by atoms with Gasteiger partial charge in [-0.2, -0.15) is 0 Å². The molecule has 0 unspecified atom stereocenters.